The van der Waals surface area contributed by atoms with Gasteiger partial charge in [0, 0.05) is 24.5 Å². The van der Waals surface area contributed by atoms with E-state index in [1.807, 2.05) is 0 Å². The molecule has 3 heteroatoms. The first-order valence-electron chi connectivity index (χ1n) is 7.16. The Balaban J connectivity index is 1.93. The molecule has 0 radical (unpaired) electrons. The third-order valence-corrected chi connectivity index (χ3v) is 4.64. The van der Waals surface area contributed by atoms with Gasteiger partial charge in [0.2, 0.25) is 5.91 Å². The third kappa shape index (κ3) is 2.82. The molecule has 0 bridgehead atoms. The number of hydrogen-bond donors (Lipinski definition) is 1. The molecule has 1 saturated heterocycles. The van der Waals surface area contributed by atoms with Gasteiger partial charge in [-0.2, -0.15) is 0 Å². The number of piperidine rings is 1. The van der Waals surface area contributed by atoms with Gasteiger partial charge in [0.1, 0.15) is 0 Å². The Kier molecular flexibility index (Phi) is 4.08. The van der Waals surface area contributed by atoms with Crippen LogP contribution in [0.25, 0.3) is 0 Å². The molecule has 1 aliphatic carbocycles. The molecule has 1 amide bonds. The Bertz CT molecular complexity index is 269. The maximum absolute atomic E-state index is 12.4. The number of carbonyl (C=O) groups is 1. The van der Waals surface area contributed by atoms with E-state index in [2.05, 4.69) is 18.7 Å². The van der Waals surface area contributed by atoms with Crippen molar-refractivity contribution in [2.24, 2.45) is 11.7 Å². The molecule has 1 saturated carbocycles. The first-order valence-corrected chi connectivity index (χ1v) is 7.16. The smallest absolute Gasteiger partial charge is 0.223 e. The maximum atomic E-state index is 12.4. The van der Waals surface area contributed by atoms with E-state index >= 15 is 0 Å². The molecule has 2 N–H and O–H groups in total. The van der Waals surface area contributed by atoms with Crippen molar-refractivity contribution in [1.29, 1.82) is 0 Å². The SMILES string of the molecule is CC1CCCC(C)N1C(=O)C[C@@H]1CCC[C@H]1N. The lowest BCUT2D eigenvalue weighted by Gasteiger charge is -2.39. The molecular formula is C14H26N2O. The molecule has 4 atom stereocenters. The van der Waals surface area contributed by atoms with Crippen molar-refractivity contribution in [2.45, 2.75) is 76.9 Å². The number of rotatable bonds is 2. The van der Waals surface area contributed by atoms with Gasteiger partial charge in [0.05, 0.1) is 0 Å². The average Bonchev–Trinajstić information content (AvgIpc) is 2.64. The minimum absolute atomic E-state index is 0.259. The Hall–Kier alpha value is -0.570. The van der Waals surface area contributed by atoms with Gasteiger partial charge in [-0.05, 0) is 51.9 Å². The van der Waals surface area contributed by atoms with Gasteiger partial charge in [-0.15, -0.1) is 0 Å². The molecule has 17 heavy (non-hydrogen) atoms. The van der Waals surface area contributed by atoms with E-state index in [4.69, 9.17) is 5.73 Å². The van der Waals surface area contributed by atoms with Crippen LogP contribution in [0.2, 0.25) is 0 Å². The summed E-state index contributed by atoms with van der Waals surface area (Å²) in [7, 11) is 0. The second-order valence-electron chi connectivity index (χ2n) is 5.99. The summed E-state index contributed by atoms with van der Waals surface area (Å²) in [5, 5.41) is 0. The van der Waals surface area contributed by atoms with E-state index in [0.29, 0.717) is 30.3 Å². The first-order chi connectivity index (χ1) is 8.09. The quantitative estimate of drug-likeness (QED) is 0.802. The Morgan fingerprint density at radius 1 is 1.12 bits per heavy atom. The maximum Gasteiger partial charge on any atom is 0.223 e. The fourth-order valence-electron chi connectivity index (χ4n) is 3.56. The topological polar surface area (TPSA) is 46.3 Å². The minimum Gasteiger partial charge on any atom is -0.337 e. The van der Waals surface area contributed by atoms with E-state index in [9.17, 15) is 4.79 Å². The second-order valence-corrected chi connectivity index (χ2v) is 5.99. The minimum atomic E-state index is 0.259. The predicted molar refractivity (Wildman–Crippen MR) is 69.6 cm³/mol. The molecule has 2 aliphatic rings. The third-order valence-electron chi connectivity index (χ3n) is 4.64. The summed E-state index contributed by atoms with van der Waals surface area (Å²) in [5.74, 6) is 0.774. The lowest BCUT2D eigenvalue weighted by molar-refractivity contribution is -0.138. The Labute approximate surface area is 105 Å². The lowest BCUT2D eigenvalue weighted by atomic mass is 9.94. The van der Waals surface area contributed by atoms with Crippen LogP contribution in [0, 0.1) is 5.92 Å². The highest BCUT2D eigenvalue weighted by Gasteiger charge is 2.32. The predicted octanol–water partition coefficient (Wildman–Crippen LogP) is 2.29. The number of hydrogen-bond acceptors (Lipinski definition) is 2. The largest absolute Gasteiger partial charge is 0.337 e. The summed E-state index contributed by atoms with van der Waals surface area (Å²) in [4.78, 5) is 14.5. The number of amides is 1. The average molecular weight is 238 g/mol. The van der Waals surface area contributed by atoms with Crippen LogP contribution < -0.4 is 5.73 Å². The molecule has 0 aromatic heterocycles. The van der Waals surface area contributed by atoms with Gasteiger partial charge >= 0.3 is 0 Å². The zero-order chi connectivity index (χ0) is 12.4. The summed E-state index contributed by atoms with van der Waals surface area (Å²) in [5.41, 5.74) is 6.06. The summed E-state index contributed by atoms with van der Waals surface area (Å²) in [6.45, 7) is 4.37. The normalized spacial score (nSPS) is 38.4. The highest BCUT2D eigenvalue weighted by atomic mass is 16.2. The zero-order valence-electron chi connectivity index (χ0n) is 11.2. The van der Waals surface area contributed by atoms with Crippen molar-refractivity contribution in [3.05, 3.63) is 0 Å². The summed E-state index contributed by atoms with van der Waals surface area (Å²) >= 11 is 0. The van der Waals surface area contributed by atoms with E-state index in [0.717, 1.165) is 25.7 Å². The van der Waals surface area contributed by atoms with E-state index in [-0.39, 0.29) is 6.04 Å². The van der Waals surface area contributed by atoms with Gasteiger partial charge < -0.3 is 10.6 Å². The molecule has 3 nitrogen and oxygen atoms in total. The van der Waals surface area contributed by atoms with Gasteiger partial charge in [-0.25, -0.2) is 0 Å². The Morgan fingerprint density at radius 2 is 1.71 bits per heavy atom. The fourth-order valence-corrected chi connectivity index (χ4v) is 3.56. The number of likely N-dealkylation sites (tertiary alicyclic amines) is 1. The van der Waals surface area contributed by atoms with Crippen LogP contribution >= 0.6 is 0 Å². The number of carbonyl (C=O) groups excluding carboxylic acids is 1. The van der Waals surface area contributed by atoms with Crippen molar-refractivity contribution < 1.29 is 4.79 Å². The van der Waals surface area contributed by atoms with Crippen LogP contribution in [0.5, 0.6) is 0 Å². The molecule has 2 fully saturated rings. The van der Waals surface area contributed by atoms with E-state index in [1.165, 1.54) is 12.8 Å². The van der Waals surface area contributed by atoms with Crippen molar-refractivity contribution in [3.63, 3.8) is 0 Å². The van der Waals surface area contributed by atoms with Crippen LogP contribution in [0.15, 0.2) is 0 Å². The van der Waals surface area contributed by atoms with Crippen molar-refractivity contribution in [3.8, 4) is 0 Å². The summed E-state index contributed by atoms with van der Waals surface area (Å²) < 4.78 is 0. The lowest BCUT2D eigenvalue weighted by Crippen LogP contribution is -2.48. The van der Waals surface area contributed by atoms with Crippen molar-refractivity contribution >= 4 is 5.91 Å². The van der Waals surface area contributed by atoms with E-state index in [1.54, 1.807) is 0 Å². The molecule has 0 spiro atoms. The van der Waals surface area contributed by atoms with Crippen molar-refractivity contribution in [1.82, 2.24) is 4.90 Å². The molecular weight excluding hydrogens is 212 g/mol. The molecule has 0 aromatic carbocycles. The van der Waals surface area contributed by atoms with Gasteiger partial charge in [-0.3, -0.25) is 4.79 Å². The molecule has 0 aromatic rings. The van der Waals surface area contributed by atoms with Crippen LogP contribution in [0.3, 0.4) is 0 Å². The molecule has 2 unspecified atom stereocenters. The van der Waals surface area contributed by atoms with Crippen LogP contribution in [0.1, 0.15) is 58.8 Å². The highest BCUT2D eigenvalue weighted by molar-refractivity contribution is 5.77. The van der Waals surface area contributed by atoms with Gasteiger partial charge in [0.25, 0.3) is 0 Å². The number of nitrogens with two attached hydrogens (primary N) is 1. The molecule has 2 rings (SSSR count). The van der Waals surface area contributed by atoms with Crippen molar-refractivity contribution in [2.75, 3.05) is 0 Å². The summed E-state index contributed by atoms with van der Waals surface area (Å²) in [6, 6.07) is 1.10. The number of nitrogens with zero attached hydrogens (tertiary/aromatic N) is 1. The van der Waals surface area contributed by atoms with Gasteiger partial charge in [0.15, 0.2) is 0 Å². The standard InChI is InChI=1S/C14H26N2O/c1-10-5-3-6-11(2)16(10)14(17)9-12-7-4-8-13(12)15/h10-13H,3-9,15H2,1-2H3/t10?,11?,12-,13+/m0/s1. The van der Waals surface area contributed by atoms with Crippen LogP contribution in [0.4, 0.5) is 0 Å². The monoisotopic (exact) mass is 238 g/mol. The first kappa shape index (κ1) is 12.9. The molecule has 98 valence electrons. The fraction of sp³-hybridized carbons (Fsp3) is 0.929. The van der Waals surface area contributed by atoms with Gasteiger partial charge in [-0.1, -0.05) is 6.42 Å². The Morgan fingerprint density at radius 3 is 2.24 bits per heavy atom. The van der Waals surface area contributed by atoms with Crippen LogP contribution in [-0.4, -0.2) is 28.9 Å². The molecule has 1 heterocycles. The zero-order valence-corrected chi connectivity index (χ0v) is 11.2. The van der Waals surface area contributed by atoms with Crippen LogP contribution in [-0.2, 0) is 4.79 Å². The summed E-state index contributed by atoms with van der Waals surface area (Å²) in [6.07, 6.45) is 7.70. The molecule has 1 aliphatic heterocycles. The highest BCUT2D eigenvalue weighted by Crippen LogP contribution is 2.30. The van der Waals surface area contributed by atoms with E-state index < -0.39 is 0 Å². The second kappa shape index (κ2) is 5.38.